The van der Waals surface area contributed by atoms with Crippen LogP contribution in [0, 0.1) is 0 Å². The maximum absolute atomic E-state index is 6.05. The molecule has 0 atom stereocenters. The lowest BCUT2D eigenvalue weighted by Crippen LogP contribution is -2.10. The molecule has 5 heteroatoms. The fourth-order valence-corrected chi connectivity index (χ4v) is 2.08. The van der Waals surface area contributed by atoms with Crippen LogP contribution >= 0.6 is 23.8 Å². The summed E-state index contributed by atoms with van der Waals surface area (Å²) in [7, 11) is 1.61. The second-order valence-corrected chi connectivity index (χ2v) is 4.96. The lowest BCUT2D eigenvalue weighted by molar-refractivity contribution is 0.297. The van der Waals surface area contributed by atoms with Gasteiger partial charge in [0.1, 0.15) is 23.1 Å². The van der Waals surface area contributed by atoms with Crippen molar-refractivity contribution in [1.82, 2.24) is 0 Å². The summed E-state index contributed by atoms with van der Waals surface area (Å²) in [6, 6.07) is 12.8. The Morgan fingerprint density at radius 3 is 2.60 bits per heavy atom. The zero-order chi connectivity index (χ0) is 14.5. The molecule has 2 N–H and O–H groups in total. The van der Waals surface area contributed by atoms with Crippen LogP contribution in [-0.4, -0.2) is 12.1 Å². The number of para-hydroxylation sites is 1. The van der Waals surface area contributed by atoms with E-state index < -0.39 is 0 Å². The molecule has 104 valence electrons. The summed E-state index contributed by atoms with van der Waals surface area (Å²) in [6.07, 6.45) is 0. The molecule has 0 heterocycles. The van der Waals surface area contributed by atoms with Crippen molar-refractivity contribution in [2.75, 3.05) is 7.11 Å². The topological polar surface area (TPSA) is 44.5 Å². The molecule has 3 nitrogen and oxygen atoms in total. The second kappa shape index (κ2) is 6.59. The lowest BCUT2D eigenvalue weighted by Gasteiger charge is -2.12. The van der Waals surface area contributed by atoms with Crippen LogP contribution in [0.25, 0.3) is 0 Å². The first-order valence-corrected chi connectivity index (χ1v) is 6.74. The molecular weight excluding hydrogens is 294 g/mol. The second-order valence-electron chi connectivity index (χ2n) is 4.11. The first kappa shape index (κ1) is 14.6. The minimum absolute atomic E-state index is 0.323. The van der Waals surface area contributed by atoms with E-state index in [4.69, 9.17) is 39.0 Å². The maximum atomic E-state index is 6.05. The highest BCUT2D eigenvalue weighted by Gasteiger charge is 2.08. The summed E-state index contributed by atoms with van der Waals surface area (Å²) < 4.78 is 11.0. The van der Waals surface area contributed by atoms with Crippen LogP contribution in [-0.2, 0) is 6.61 Å². The number of nitrogens with two attached hydrogens (primary N) is 1. The Bertz CT molecular complexity index is 631. The Hall–Kier alpha value is -1.78. The van der Waals surface area contributed by atoms with Gasteiger partial charge in [-0.1, -0.05) is 36.0 Å². The fraction of sp³-hybridized carbons (Fsp3) is 0.133. The van der Waals surface area contributed by atoms with E-state index in [1.54, 1.807) is 13.2 Å². The van der Waals surface area contributed by atoms with E-state index in [2.05, 4.69) is 0 Å². The van der Waals surface area contributed by atoms with Gasteiger partial charge in [0, 0.05) is 11.1 Å². The molecule has 0 spiro atoms. The molecule has 0 aromatic heterocycles. The van der Waals surface area contributed by atoms with Gasteiger partial charge < -0.3 is 15.2 Å². The number of hydrogen-bond acceptors (Lipinski definition) is 3. The first-order chi connectivity index (χ1) is 9.61. The van der Waals surface area contributed by atoms with Crippen molar-refractivity contribution in [2.45, 2.75) is 6.61 Å². The fourth-order valence-electron chi connectivity index (χ4n) is 1.76. The number of thiocarbonyl (C=S) groups is 1. The molecule has 0 saturated carbocycles. The van der Waals surface area contributed by atoms with Crippen LogP contribution in [0.15, 0.2) is 42.5 Å². The molecule has 0 saturated heterocycles. The van der Waals surface area contributed by atoms with E-state index in [0.29, 0.717) is 22.4 Å². The minimum atomic E-state index is 0.323. The molecule has 0 amide bonds. The molecule has 0 aliphatic heterocycles. The zero-order valence-electron chi connectivity index (χ0n) is 10.9. The Balaban J connectivity index is 2.22. The van der Waals surface area contributed by atoms with Crippen LogP contribution in [0.1, 0.15) is 11.1 Å². The monoisotopic (exact) mass is 307 g/mol. The lowest BCUT2D eigenvalue weighted by atomic mass is 10.1. The van der Waals surface area contributed by atoms with Crippen LogP contribution in [0.2, 0.25) is 5.02 Å². The average molecular weight is 308 g/mol. The quantitative estimate of drug-likeness (QED) is 0.858. The van der Waals surface area contributed by atoms with Crippen molar-refractivity contribution in [2.24, 2.45) is 5.73 Å². The standard InChI is InChI=1S/C15H14ClNO2S/c1-18-13-7-6-10(15(17)20)8-11(13)9-19-14-5-3-2-4-12(14)16/h2-8H,9H2,1H3,(H2,17,20). The molecule has 0 unspecified atom stereocenters. The molecule has 0 radical (unpaired) electrons. The van der Waals surface area contributed by atoms with Crippen LogP contribution in [0.5, 0.6) is 11.5 Å². The van der Waals surface area contributed by atoms with E-state index in [1.165, 1.54) is 0 Å². The summed E-state index contributed by atoms with van der Waals surface area (Å²) in [4.78, 5) is 0.339. The summed E-state index contributed by atoms with van der Waals surface area (Å²) in [5.41, 5.74) is 7.27. The van der Waals surface area contributed by atoms with Gasteiger partial charge in [-0.15, -0.1) is 0 Å². The van der Waals surface area contributed by atoms with Gasteiger partial charge in [-0.3, -0.25) is 0 Å². The van der Waals surface area contributed by atoms with Gasteiger partial charge >= 0.3 is 0 Å². The van der Waals surface area contributed by atoms with E-state index in [1.807, 2.05) is 36.4 Å². The van der Waals surface area contributed by atoms with Gasteiger partial charge in [-0.05, 0) is 30.3 Å². The highest BCUT2D eigenvalue weighted by molar-refractivity contribution is 7.80. The molecule has 2 aromatic carbocycles. The molecule has 0 bridgehead atoms. The molecule has 2 rings (SSSR count). The van der Waals surface area contributed by atoms with Gasteiger partial charge in [0.25, 0.3) is 0 Å². The molecule has 20 heavy (non-hydrogen) atoms. The van der Waals surface area contributed by atoms with Crippen molar-refractivity contribution in [1.29, 1.82) is 0 Å². The van der Waals surface area contributed by atoms with Crippen LogP contribution in [0.4, 0.5) is 0 Å². The Labute approximate surface area is 128 Å². The van der Waals surface area contributed by atoms with Gasteiger partial charge in [-0.25, -0.2) is 0 Å². The minimum Gasteiger partial charge on any atom is -0.496 e. The van der Waals surface area contributed by atoms with Crippen LogP contribution < -0.4 is 15.2 Å². The van der Waals surface area contributed by atoms with Crippen molar-refractivity contribution in [3.8, 4) is 11.5 Å². The van der Waals surface area contributed by atoms with Gasteiger partial charge in [0.15, 0.2) is 0 Å². The third-order valence-electron chi connectivity index (χ3n) is 2.78. The van der Waals surface area contributed by atoms with Crippen molar-refractivity contribution in [3.63, 3.8) is 0 Å². The van der Waals surface area contributed by atoms with Crippen molar-refractivity contribution in [3.05, 3.63) is 58.6 Å². The number of ether oxygens (including phenoxy) is 2. The predicted octanol–water partition coefficient (Wildman–Crippen LogP) is 3.56. The van der Waals surface area contributed by atoms with Gasteiger partial charge in [0.2, 0.25) is 0 Å². The Kier molecular flexibility index (Phi) is 4.82. The summed E-state index contributed by atoms with van der Waals surface area (Å²) >= 11 is 11.0. The third-order valence-corrected chi connectivity index (χ3v) is 3.33. The van der Waals surface area contributed by atoms with E-state index in [0.717, 1.165) is 16.9 Å². The van der Waals surface area contributed by atoms with E-state index in [-0.39, 0.29) is 0 Å². The predicted molar refractivity (Wildman–Crippen MR) is 84.7 cm³/mol. The molecule has 0 aliphatic carbocycles. The maximum Gasteiger partial charge on any atom is 0.138 e. The number of methoxy groups -OCH3 is 1. The highest BCUT2D eigenvalue weighted by Crippen LogP contribution is 2.26. The Morgan fingerprint density at radius 2 is 1.95 bits per heavy atom. The number of rotatable bonds is 5. The zero-order valence-corrected chi connectivity index (χ0v) is 12.5. The van der Waals surface area contributed by atoms with Crippen molar-refractivity contribution >= 4 is 28.8 Å². The van der Waals surface area contributed by atoms with Gasteiger partial charge in [-0.2, -0.15) is 0 Å². The van der Waals surface area contributed by atoms with Gasteiger partial charge in [0.05, 0.1) is 12.1 Å². The smallest absolute Gasteiger partial charge is 0.138 e. The average Bonchev–Trinajstić information content (AvgIpc) is 2.46. The summed E-state index contributed by atoms with van der Waals surface area (Å²) in [5.74, 6) is 1.34. The molecule has 0 fully saturated rings. The highest BCUT2D eigenvalue weighted by atomic mass is 35.5. The molecule has 2 aromatic rings. The largest absolute Gasteiger partial charge is 0.496 e. The first-order valence-electron chi connectivity index (χ1n) is 5.96. The van der Waals surface area contributed by atoms with Crippen LogP contribution in [0.3, 0.4) is 0 Å². The number of halogens is 1. The Morgan fingerprint density at radius 1 is 1.20 bits per heavy atom. The van der Waals surface area contributed by atoms with E-state index >= 15 is 0 Å². The summed E-state index contributed by atoms with van der Waals surface area (Å²) in [5, 5.41) is 0.567. The molecule has 0 aliphatic rings. The summed E-state index contributed by atoms with van der Waals surface area (Å²) in [6.45, 7) is 0.323. The normalized spacial score (nSPS) is 10.1. The SMILES string of the molecule is COc1ccc(C(N)=S)cc1COc1ccccc1Cl. The number of hydrogen-bond donors (Lipinski definition) is 1. The van der Waals surface area contributed by atoms with Crippen molar-refractivity contribution < 1.29 is 9.47 Å². The van der Waals surface area contributed by atoms with E-state index in [9.17, 15) is 0 Å². The molecular formula is C15H14ClNO2S. The third kappa shape index (κ3) is 3.40. The number of benzene rings is 2.